The summed E-state index contributed by atoms with van der Waals surface area (Å²) in [7, 11) is 0. The minimum atomic E-state index is -1.28. The fourth-order valence-corrected chi connectivity index (χ4v) is 1.45. The van der Waals surface area contributed by atoms with Crippen molar-refractivity contribution in [3.63, 3.8) is 0 Å². The summed E-state index contributed by atoms with van der Waals surface area (Å²) in [6.45, 7) is 3.45. The van der Waals surface area contributed by atoms with E-state index in [2.05, 4.69) is 5.32 Å². The Kier molecular flexibility index (Phi) is 4.85. The zero-order valence-corrected chi connectivity index (χ0v) is 10.4. The Labute approximate surface area is 105 Å². The van der Waals surface area contributed by atoms with Crippen LogP contribution in [-0.4, -0.2) is 34.7 Å². The molecule has 0 aromatic heterocycles. The Balaban J connectivity index is 2.75. The van der Waals surface area contributed by atoms with Gasteiger partial charge in [0.25, 0.3) is 5.91 Å². The molecule has 18 heavy (non-hydrogen) atoms. The van der Waals surface area contributed by atoms with E-state index >= 15 is 0 Å². The number of aliphatic hydroxyl groups excluding tert-OH is 1. The molecule has 0 fully saturated rings. The van der Waals surface area contributed by atoms with E-state index in [0.717, 1.165) is 5.56 Å². The zero-order valence-electron chi connectivity index (χ0n) is 10.4. The summed E-state index contributed by atoms with van der Waals surface area (Å²) in [6.07, 6.45) is 0. The second-order valence-electron chi connectivity index (χ2n) is 4.32. The summed E-state index contributed by atoms with van der Waals surface area (Å²) in [6, 6.07) is 5.66. The third-order valence-corrected chi connectivity index (χ3v) is 2.63. The van der Waals surface area contributed by atoms with Crippen LogP contribution in [0.2, 0.25) is 0 Å². The Hall–Kier alpha value is -1.88. The van der Waals surface area contributed by atoms with E-state index in [0.29, 0.717) is 11.5 Å². The molecule has 0 aliphatic heterocycles. The Morgan fingerprint density at radius 2 is 1.78 bits per heavy atom. The molecule has 1 unspecified atom stereocenters. The molecule has 98 valence electrons. The number of rotatable bonds is 5. The van der Waals surface area contributed by atoms with E-state index < -0.39 is 24.5 Å². The Morgan fingerprint density at radius 1 is 1.22 bits per heavy atom. The molecular formula is C13H17NO4. The largest absolute Gasteiger partial charge is 0.480 e. The second-order valence-corrected chi connectivity index (χ2v) is 4.32. The average Bonchev–Trinajstić information content (AvgIpc) is 2.35. The van der Waals surface area contributed by atoms with Crippen molar-refractivity contribution in [3.05, 3.63) is 35.4 Å². The number of hydrogen-bond acceptors (Lipinski definition) is 3. The number of carboxylic acid groups (broad SMARTS) is 1. The van der Waals surface area contributed by atoms with Crippen LogP contribution in [0.15, 0.2) is 24.3 Å². The van der Waals surface area contributed by atoms with Crippen molar-refractivity contribution in [2.45, 2.75) is 25.8 Å². The fraction of sp³-hybridized carbons (Fsp3) is 0.385. The highest BCUT2D eigenvalue weighted by Gasteiger charge is 2.19. The van der Waals surface area contributed by atoms with Crippen LogP contribution in [0.1, 0.15) is 35.7 Å². The average molecular weight is 251 g/mol. The molecule has 0 spiro atoms. The van der Waals surface area contributed by atoms with Gasteiger partial charge in [-0.15, -0.1) is 0 Å². The first kappa shape index (κ1) is 14.2. The summed E-state index contributed by atoms with van der Waals surface area (Å²) in [5.41, 5.74) is 1.47. The van der Waals surface area contributed by atoms with Gasteiger partial charge >= 0.3 is 5.97 Å². The number of aliphatic carboxylic acids is 1. The number of benzene rings is 1. The van der Waals surface area contributed by atoms with Gasteiger partial charge in [0, 0.05) is 5.56 Å². The molecule has 3 N–H and O–H groups in total. The van der Waals surface area contributed by atoms with Crippen molar-refractivity contribution < 1.29 is 19.8 Å². The molecule has 1 amide bonds. The van der Waals surface area contributed by atoms with Gasteiger partial charge in [0.1, 0.15) is 0 Å². The molecule has 5 nitrogen and oxygen atoms in total. The third-order valence-electron chi connectivity index (χ3n) is 2.63. The molecule has 0 heterocycles. The minimum absolute atomic E-state index is 0.367. The maximum atomic E-state index is 11.7. The predicted molar refractivity (Wildman–Crippen MR) is 66.5 cm³/mol. The molecule has 1 rings (SSSR count). The van der Waals surface area contributed by atoms with Crippen molar-refractivity contribution in [1.82, 2.24) is 5.32 Å². The van der Waals surface area contributed by atoms with Gasteiger partial charge in [-0.05, 0) is 23.6 Å². The highest BCUT2D eigenvalue weighted by Crippen LogP contribution is 2.14. The molecule has 0 aliphatic carbocycles. The fourth-order valence-electron chi connectivity index (χ4n) is 1.45. The van der Waals surface area contributed by atoms with E-state index in [9.17, 15) is 9.59 Å². The summed E-state index contributed by atoms with van der Waals surface area (Å²) >= 11 is 0. The van der Waals surface area contributed by atoms with Gasteiger partial charge in [0.15, 0.2) is 6.04 Å². The van der Waals surface area contributed by atoms with Crippen LogP contribution in [0.25, 0.3) is 0 Å². The normalized spacial score (nSPS) is 12.2. The van der Waals surface area contributed by atoms with Gasteiger partial charge < -0.3 is 15.5 Å². The van der Waals surface area contributed by atoms with E-state index in [4.69, 9.17) is 10.2 Å². The second kappa shape index (κ2) is 6.16. The van der Waals surface area contributed by atoms with Gasteiger partial charge in [-0.25, -0.2) is 4.79 Å². The summed E-state index contributed by atoms with van der Waals surface area (Å²) < 4.78 is 0. The number of carbonyl (C=O) groups is 2. The summed E-state index contributed by atoms with van der Waals surface area (Å²) in [4.78, 5) is 22.4. The minimum Gasteiger partial charge on any atom is -0.480 e. The van der Waals surface area contributed by atoms with Crippen LogP contribution in [0.5, 0.6) is 0 Å². The number of aliphatic hydroxyl groups is 1. The molecule has 1 aromatic rings. The van der Waals surface area contributed by atoms with E-state index in [1.807, 2.05) is 26.0 Å². The van der Waals surface area contributed by atoms with Crippen LogP contribution in [0.3, 0.4) is 0 Å². The molecule has 0 saturated carbocycles. The molecule has 0 bridgehead atoms. The first-order chi connectivity index (χ1) is 8.45. The van der Waals surface area contributed by atoms with Crippen molar-refractivity contribution in [2.24, 2.45) is 0 Å². The van der Waals surface area contributed by atoms with Crippen LogP contribution in [0, 0.1) is 0 Å². The highest BCUT2D eigenvalue weighted by molar-refractivity contribution is 5.96. The van der Waals surface area contributed by atoms with Crippen LogP contribution >= 0.6 is 0 Å². The zero-order chi connectivity index (χ0) is 13.7. The lowest BCUT2D eigenvalue weighted by atomic mass is 10.0. The van der Waals surface area contributed by atoms with Crippen molar-refractivity contribution >= 4 is 11.9 Å². The van der Waals surface area contributed by atoms with Crippen LogP contribution < -0.4 is 5.32 Å². The number of hydrogen-bond donors (Lipinski definition) is 3. The number of carboxylic acids is 1. The third kappa shape index (κ3) is 3.56. The van der Waals surface area contributed by atoms with Gasteiger partial charge in [-0.1, -0.05) is 26.0 Å². The maximum absolute atomic E-state index is 11.7. The van der Waals surface area contributed by atoms with Gasteiger partial charge in [0.2, 0.25) is 0 Å². The van der Waals surface area contributed by atoms with E-state index in [1.165, 1.54) is 0 Å². The summed E-state index contributed by atoms with van der Waals surface area (Å²) in [5, 5.41) is 19.8. The number of nitrogens with one attached hydrogen (secondary N) is 1. The van der Waals surface area contributed by atoms with Crippen molar-refractivity contribution in [3.8, 4) is 0 Å². The molecule has 1 aromatic carbocycles. The molecule has 1 atom stereocenters. The molecule has 0 aliphatic rings. The van der Waals surface area contributed by atoms with Crippen LogP contribution in [0.4, 0.5) is 0 Å². The number of amides is 1. The number of carbonyl (C=O) groups excluding carboxylic acids is 1. The lowest BCUT2D eigenvalue weighted by molar-refractivity contribution is -0.140. The Bertz CT molecular complexity index is 425. The molecule has 5 heteroatoms. The van der Waals surface area contributed by atoms with Gasteiger partial charge in [-0.3, -0.25) is 4.79 Å². The van der Waals surface area contributed by atoms with Crippen molar-refractivity contribution in [1.29, 1.82) is 0 Å². The van der Waals surface area contributed by atoms with Gasteiger partial charge in [0.05, 0.1) is 6.61 Å². The maximum Gasteiger partial charge on any atom is 0.328 e. The van der Waals surface area contributed by atoms with Crippen molar-refractivity contribution in [2.75, 3.05) is 6.61 Å². The van der Waals surface area contributed by atoms with Gasteiger partial charge in [-0.2, -0.15) is 0 Å². The first-order valence-corrected chi connectivity index (χ1v) is 5.70. The SMILES string of the molecule is CC(C)c1ccc(C(=O)NC(CO)C(=O)O)cc1. The Morgan fingerprint density at radius 3 is 2.17 bits per heavy atom. The predicted octanol–water partition coefficient (Wildman–Crippen LogP) is 0.985. The smallest absolute Gasteiger partial charge is 0.328 e. The van der Waals surface area contributed by atoms with E-state index in [-0.39, 0.29) is 0 Å². The standard InChI is InChI=1S/C13H17NO4/c1-8(2)9-3-5-10(6-4-9)12(16)14-11(7-15)13(17)18/h3-6,8,11,15H,7H2,1-2H3,(H,14,16)(H,17,18). The molecule has 0 saturated heterocycles. The van der Waals surface area contributed by atoms with Crippen LogP contribution in [-0.2, 0) is 4.79 Å². The quantitative estimate of drug-likeness (QED) is 0.728. The first-order valence-electron chi connectivity index (χ1n) is 5.70. The van der Waals surface area contributed by atoms with E-state index in [1.54, 1.807) is 12.1 Å². The topological polar surface area (TPSA) is 86.6 Å². The summed E-state index contributed by atoms with van der Waals surface area (Å²) in [5.74, 6) is -1.40. The highest BCUT2D eigenvalue weighted by atomic mass is 16.4. The lowest BCUT2D eigenvalue weighted by Gasteiger charge is -2.12. The molecule has 0 radical (unpaired) electrons. The molecular weight excluding hydrogens is 234 g/mol. The lowest BCUT2D eigenvalue weighted by Crippen LogP contribution is -2.43. The monoisotopic (exact) mass is 251 g/mol.